The maximum absolute atomic E-state index is 13.1. The van der Waals surface area contributed by atoms with E-state index in [0.717, 1.165) is 6.07 Å². The van der Waals surface area contributed by atoms with Gasteiger partial charge in [-0.2, -0.15) is 0 Å². The lowest BCUT2D eigenvalue weighted by atomic mass is 10.2. The standard InChI is InChI=1S/C30H29N5O8S/c1-3-42-23-14-12-20(13-15-23)31-25-17-16-24(19-27(25)35(38)39)44(40,41)34-22-9-7-8-21(18-22)32-29(36)30(37)33-26-10-5-6-11-28(26)43-4-2/h5-19,31,34H,3-4H2,1-2H3,(H,32,36)(H,33,37). The quantitative estimate of drug-likeness (QED) is 0.0903. The summed E-state index contributed by atoms with van der Waals surface area (Å²) >= 11 is 0. The SMILES string of the molecule is CCOc1ccc(Nc2ccc(S(=O)(=O)Nc3cccc(NC(=O)C(=O)Nc4ccccc4OCC)c3)cc2[N+](=O)[O-])cc1. The molecule has 0 fully saturated rings. The van der Waals surface area contributed by atoms with Crippen LogP contribution >= 0.6 is 0 Å². The van der Waals surface area contributed by atoms with Crippen molar-refractivity contribution in [3.05, 3.63) is 101 Å². The Morgan fingerprint density at radius 2 is 1.43 bits per heavy atom. The number of hydrogen-bond acceptors (Lipinski definition) is 9. The van der Waals surface area contributed by atoms with E-state index in [1.54, 1.807) is 55.5 Å². The number of ether oxygens (including phenoxy) is 2. The van der Waals surface area contributed by atoms with Gasteiger partial charge in [-0.1, -0.05) is 18.2 Å². The van der Waals surface area contributed by atoms with E-state index >= 15 is 0 Å². The van der Waals surface area contributed by atoms with E-state index in [4.69, 9.17) is 9.47 Å². The molecule has 0 radical (unpaired) electrons. The minimum Gasteiger partial charge on any atom is -0.494 e. The highest BCUT2D eigenvalue weighted by Crippen LogP contribution is 2.32. The van der Waals surface area contributed by atoms with Gasteiger partial charge in [-0.25, -0.2) is 8.42 Å². The van der Waals surface area contributed by atoms with Crippen LogP contribution in [-0.2, 0) is 19.6 Å². The summed E-state index contributed by atoms with van der Waals surface area (Å²) in [4.78, 5) is 35.8. The first-order valence-corrected chi connectivity index (χ1v) is 14.8. The maximum atomic E-state index is 13.1. The smallest absolute Gasteiger partial charge is 0.314 e. The largest absolute Gasteiger partial charge is 0.494 e. The van der Waals surface area contributed by atoms with Gasteiger partial charge in [0.1, 0.15) is 17.2 Å². The molecule has 0 atom stereocenters. The minimum atomic E-state index is -4.29. The molecule has 0 aromatic heterocycles. The topological polar surface area (TPSA) is 178 Å². The second-order valence-corrected chi connectivity index (χ2v) is 10.7. The van der Waals surface area contributed by atoms with Crippen LogP contribution in [0.5, 0.6) is 11.5 Å². The van der Waals surface area contributed by atoms with Gasteiger partial charge in [-0.15, -0.1) is 0 Å². The number of nitrogens with one attached hydrogen (secondary N) is 4. The second-order valence-electron chi connectivity index (χ2n) is 9.04. The summed E-state index contributed by atoms with van der Waals surface area (Å²) in [5, 5.41) is 19.6. The van der Waals surface area contributed by atoms with Crippen molar-refractivity contribution in [3.63, 3.8) is 0 Å². The van der Waals surface area contributed by atoms with Crippen molar-refractivity contribution in [1.82, 2.24) is 0 Å². The Labute approximate surface area is 253 Å². The number of anilines is 5. The number of sulfonamides is 1. The van der Waals surface area contributed by atoms with Gasteiger partial charge in [0.05, 0.1) is 34.4 Å². The fourth-order valence-electron chi connectivity index (χ4n) is 3.98. The zero-order chi connectivity index (χ0) is 31.7. The van der Waals surface area contributed by atoms with Gasteiger partial charge in [0.15, 0.2) is 0 Å². The number of rotatable bonds is 12. The Morgan fingerprint density at radius 3 is 2.14 bits per heavy atom. The summed E-state index contributed by atoms with van der Waals surface area (Å²) in [6.45, 7) is 4.48. The van der Waals surface area contributed by atoms with E-state index in [9.17, 15) is 28.1 Å². The predicted molar refractivity (Wildman–Crippen MR) is 166 cm³/mol. The number of nitro benzene ring substituents is 1. The number of benzene rings is 4. The number of carbonyl (C=O) groups excluding carboxylic acids is 2. The van der Waals surface area contributed by atoms with E-state index in [1.807, 2.05) is 6.92 Å². The van der Waals surface area contributed by atoms with E-state index < -0.39 is 32.4 Å². The molecule has 4 aromatic carbocycles. The van der Waals surface area contributed by atoms with Crippen LogP contribution in [0.15, 0.2) is 95.9 Å². The summed E-state index contributed by atoms with van der Waals surface area (Å²) in [6.07, 6.45) is 0. The first-order valence-electron chi connectivity index (χ1n) is 13.3. The number of amides is 2. The first-order chi connectivity index (χ1) is 21.1. The Bertz CT molecular complexity index is 1780. The van der Waals surface area contributed by atoms with Crippen molar-refractivity contribution < 1.29 is 32.4 Å². The van der Waals surface area contributed by atoms with Crippen molar-refractivity contribution in [3.8, 4) is 11.5 Å². The highest BCUT2D eigenvalue weighted by atomic mass is 32.2. The molecule has 0 bridgehead atoms. The van der Waals surface area contributed by atoms with Crippen LogP contribution in [-0.4, -0.2) is 38.4 Å². The highest BCUT2D eigenvalue weighted by molar-refractivity contribution is 7.92. The molecule has 0 unspecified atom stereocenters. The molecule has 0 heterocycles. The summed E-state index contributed by atoms with van der Waals surface area (Å²) in [5.74, 6) is -0.931. The lowest BCUT2D eigenvalue weighted by molar-refractivity contribution is -0.384. The molecule has 4 N–H and O–H groups in total. The molecule has 4 rings (SSSR count). The van der Waals surface area contributed by atoms with Crippen LogP contribution in [0, 0.1) is 10.1 Å². The van der Waals surface area contributed by atoms with E-state index in [1.165, 1.54) is 36.4 Å². The fraction of sp³-hybridized carbons (Fsp3) is 0.133. The van der Waals surface area contributed by atoms with Crippen molar-refractivity contribution in [1.29, 1.82) is 0 Å². The highest BCUT2D eigenvalue weighted by Gasteiger charge is 2.22. The summed E-state index contributed by atoms with van der Waals surface area (Å²) < 4.78 is 39.5. The van der Waals surface area contributed by atoms with Gasteiger partial charge in [0.2, 0.25) is 0 Å². The molecule has 44 heavy (non-hydrogen) atoms. The van der Waals surface area contributed by atoms with Gasteiger partial charge in [0.25, 0.3) is 15.7 Å². The first kappa shape index (κ1) is 31.3. The van der Waals surface area contributed by atoms with Gasteiger partial charge in [-0.3, -0.25) is 24.4 Å². The van der Waals surface area contributed by atoms with Gasteiger partial charge < -0.3 is 25.4 Å². The van der Waals surface area contributed by atoms with Crippen LogP contribution < -0.4 is 30.1 Å². The van der Waals surface area contributed by atoms with Gasteiger partial charge >= 0.3 is 11.8 Å². The van der Waals surface area contributed by atoms with Crippen LogP contribution in [0.25, 0.3) is 0 Å². The molecule has 228 valence electrons. The molecule has 13 nitrogen and oxygen atoms in total. The van der Waals surface area contributed by atoms with Crippen molar-refractivity contribution in [2.45, 2.75) is 18.7 Å². The van der Waals surface area contributed by atoms with Gasteiger partial charge in [0, 0.05) is 17.4 Å². The molecular formula is C30H29N5O8S. The monoisotopic (exact) mass is 619 g/mol. The molecule has 14 heteroatoms. The van der Waals surface area contributed by atoms with Crippen molar-refractivity contribution in [2.24, 2.45) is 0 Å². The third-order valence-electron chi connectivity index (χ3n) is 5.93. The molecule has 0 aliphatic carbocycles. The molecule has 0 saturated carbocycles. The molecule has 0 aliphatic heterocycles. The predicted octanol–water partition coefficient (Wildman–Crippen LogP) is 5.51. The second kappa shape index (κ2) is 14.0. The Morgan fingerprint density at radius 1 is 0.750 bits per heavy atom. The van der Waals surface area contributed by atoms with Crippen LogP contribution in [0.3, 0.4) is 0 Å². The Balaban J connectivity index is 1.46. The molecule has 4 aromatic rings. The normalized spacial score (nSPS) is 10.8. The van der Waals surface area contributed by atoms with E-state index in [0.29, 0.717) is 36.1 Å². The van der Waals surface area contributed by atoms with Crippen LogP contribution in [0.4, 0.5) is 34.1 Å². The summed E-state index contributed by atoms with van der Waals surface area (Å²) in [6, 6.07) is 22.5. The lowest BCUT2D eigenvalue weighted by Gasteiger charge is -2.13. The van der Waals surface area contributed by atoms with Crippen LogP contribution in [0.2, 0.25) is 0 Å². The number of nitrogens with zero attached hydrogens (tertiary/aromatic N) is 1. The van der Waals surface area contributed by atoms with Crippen molar-refractivity contribution in [2.75, 3.05) is 33.9 Å². The van der Waals surface area contributed by atoms with Crippen LogP contribution in [0.1, 0.15) is 13.8 Å². The van der Waals surface area contributed by atoms with E-state index in [-0.39, 0.29) is 22.0 Å². The number of carbonyl (C=O) groups is 2. The third-order valence-corrected chi connectivity index (χ3v) is 7.31. The third kappa shape index (κ3) is 8.01. The summed E-state index contributed by atoms with van der Waals surface area (Å²) in [5.41, 5.74) is 0.653. The number of nitro groups is 1. The number of hydrogen-bond donors (Lipinski definition) is 4. The molecule has 2 amide bonds. The average Bonchev–Trinajstić information content (AvgIpc) is 2.99. The molecule has 0 aliphatic rings. The molecule has 0 spiro atoms. The number of para-hydroxylation sites is 2. The van der Waals surface area contributed by atoms with Crippen molar-refractivity contribution >= 4 is 56.0 Å². The Kier molecular flexibility index (Phi) is 9.98. The fourth-order valence-corrected chi connectivity index (χ4v) is 5.05. The molecular weight excluding hydrogens is 590 g/mol. The van der Waals surface area contributed by atoms with E-state index in [2.05, 4.69) is 20.7 Å². The summed E-state index contributed by atoms with van der Waals surface area (Å²) in [7, 11) is -4.29. The van der Waals surface area contributed by atoms with Gasteiger partial charge in [-0.05, 0) is 80.6 Å². The maximum Gasteiger partial charge on any atom is 0.314 e. The zero-order valence-corrected chi connectivity index (χ0v) is 24.5. The Hall–Kier alpha value is -5.63. The zero-order valence-electron chi connectivity index (χ0n) is 23.7. The lowest BCUT2D eigenvalue weighted by Crippen LogP contribution is -2.29. The molecule has 0 saturated heterocycles. The minimum absolute atomic E-state index is 0.0455. The average molecular weight is 620 g/mol.